The number of carbonyl (C=O) groups is 1. The molecule has 1 aromatic rings. The summed E-state index contributed by atoms with van der Waals surface area (Å²) in [6, 6.07) is 6.56. The van der Waals surface area contributed by atoms with Crippen LogP contribution in [-0.4, -0.2) is 27.0 Å². The van der Waals surface area contributed by atoms with Crippen molar-refractivity contribution in [2.45, 2.75) is 70.2 Å². The van der Waals surface area contributed by atoms with Crippen LogP contribution in [0, 0.1) is 22.7 Å². The maximum atomic E-state index is 13.2. The molecule has 1 aliphatic rings. The standard InChI is InChI=1S/C21H31N3O4S/c1-20(2,3)19(25)23-17-13-16(28-5)11-12-18(17)29(26,27)24-21(4,14-22)15-9-7-6-8-10-15/h11-13,15,24H,6-10H2,1-5H3,(H,23,25). The second-order valence-corrected chi connectivity index (χ2v) is 10.5. The third-order valence-electron chi connectivity index (χ3n) is 5.41. The van der Waals surface area contributed by atoms with E-state index in [1.807, 2.05) is 0 Å². The van der Waals surface area contributed by atoms with Gasteiger partial charge in [0.15, 0.2) is 0 Å². The predicted octanol–water partition coefficient (Wildman–Crippen LogP) is 3.82. The van der Waals surface area contributed by atoms with E-state index in [2.05, 4.69) is 16.1 Å². The van der Waals surface area contributed by atoms with E-state index in [1.165, 1.54) is 25.3 Å². The van der Waals surface area contributed by atoms with Gasteiger partial charge >= 0.3 is 0 Å². The number of ether oxygens (including phenoxy) is 1. The molecule has 160 valence electrons. The molecule has 1 fully saturated rings. The maximum absolute atomic E-state index is 13.2. The molecule has 2 rings (SSSR count). The Morgan fingerprint density at radius 1 is 1.17 bits per heavy atom. The van der Waals surface area contributed by atoms with Gasteiger partial charge in [0.1, 0.15) is 16.2 Å². The van der Waals surface area contributed by atoms with E-state index in [4.69, 9.17) is 4.74 Å². The molecule has 1 atom stereocenters. The van der Waals surface area contributed by atoms with E-state index < -0.39 is 21.0 Å². The third kappa shape index (κ3) is 5.49. The molecule has 7 nitrogen and oxygen atoms in total. The van der Waals surface area contributed by atoms with Crippen molar-refractivity contribution < 1.29 is 17.9 Å². The quantitative estimate of drug-likeness (QED) is 0.726. The first-order valence-electron chi connectivity index (χ1n) is 9.87. The molecule has 0 saturated heterocycles. The fourth-order valence-corrected chi connectivity index (χ4v) is 5.02. The van der Waals surface area contributed by atoms with Crippen LogP contribution < -0.4 is 14.8 Å². The predicted molar refractivity (Wildman–Crippen MR) is 112 cm³/mol. The Morgan fingerprint density at radius 2 is 1.79 bits per heavy atom. The van der Waals surface area contributed by atoms with Crippen molar-refractivity contribution in [3.05, 3.63) is 18.2 Å². The lowest BCUT2D eigenvalue weighted by molar-refractivity contribution is -0.123. The highest BCUT2D eigenvalue weighted by molar-refractivity contribution is 7.89. The summed E-state index contributed by atoms with van der Waals surface area (Å²) >= 11 is 0. The van der Waals surface area contributed by atoms with Crippen molar-refractivity contribution in [1.82, 2.24) is 4.72 Å². The molecule has 0 bridgehead atoms. The van der Waals surface area contributed by atoms with Gasteiger partial charge in [0.2, 0.25) is 15.9 Å². The van der Waals surface area contributed by atoms with E-state index >= 15 is 0 Å². The molecule has 0 heterocycles. The molecule has 0 aromatic heterocycles. The van der Waals surface area contributed by atoms with Gasteiger partial charge in [0.25, 0.3) is 0 Å². The molecule has 0 aliphatic heterocycles. The molecule has 1 amide bonds. The molecular formula is C21H31N3O4S. The lowest BCUT2D eigenvalue weighted by Crippen LogP contribution is -2.51. The Morgan fingerprint density at radius 3 is 2.31 bits per heavy atom. The summed E-state index contributed by atoms with van der Waals surface area (Å²) in [4.78, 5) is 12.4. The summed E-state index contributed by atoms with van der Waals surface area (Å²) in [6.45, 7) is 6.86. The van der Waals surface area contributed by atoms with E-state index in [9.17, 15) is 18.5 Å². The van der Waals surface area contributed by atoms with E-state index in [-0.39, 0.29) is 22.4 Å². The lowest BCUT2D eigenvalue weighted by atomic mass is 9.77. The molecule has 1 unspecified atom stereocenters. The molecule has 29 heavy (non-hydrogen) atoms. The second-order valence-electron chi connectivity index (χ2n) is 8.82. The van der Waals surface area contributed by atoms with Crippen LogP contribution >= 0.6 is 0 Å². The van der Waals surface area contributed by atoms with Gasteiger partial charge in [-0.05, 0) is 37.8 Å². The number of hydrogen-bond donors (Lipinski definition) is 2. The Kier molecular flexibility index (Phi) is 6.97. The minimum absolute atomic E-state index is 0.0538. The Balaban J connectivity index is 2.42. The minimum atomic E-state index is -4.07. The van der Waals surface area contributed by atoms with Gasteiger partial charge in [-0.15, -0.1) is 0 Å². The van der Waals surface area contributed by atoms with Crippen molar-refractivity contribution in [2.24, 2.45) is 11.3 Å². The molecule has 8 heteroatoms. The Labute approximate surface area is 173 Å². The number of nitrogens with zero attached hydrogens (tertiary/aromatic N) is 1. The van der Waals surface area contributed by atoms with E-state index in [1.54, 1.807) is 27.7 Å². The molecule has 1 aliphatic carbocycles. The van der Waals surface area contributed by atoms with Gasteiger partial charge < -0.3 is 10.1 Å². The number of benzene rings is 1. The maximum Gasteiger partial charge on any atom is 0.244 e. The number of nitriles is 1. The highest BCUT2D eigenvalue weighted by Crippen LogP contribution is 2.35. The van der Waals surface area contributed by atoms with Gasteiger partial charge in [-0.2, -0.15) is 9.98 Å². The van der Waals surface area contributed by atoms with Gasteiger partial charge in [-0.1, -0.05) is 40.0 Å². The van der Waals surface area contributed by atoms with Crippen LogP contribution in [0.1, 0.15) is 59.8 Å². The first kappa shape index (κ1) is 23.2. The van der Waals surface area contributed by atoms with Crippen LogP contribution in [0.3, 0.4) is 0 Å². The Hall–Kier alpha value is -2.11. The summed E-state index contributed by atoms with van der Waals surface area (Å²) in [5, 5.41) is 12.5. The Bertz CT molecular complexity index is 893. The van der Waals surface area contributed by atoms with Gasteiger partial charge in [0, 0.05) is 11.5 Å². The highest BCUT2D eigenvalue weighted by atomic mass is 32.2. The van der Waals surface area contributed by atoms with Crippen molar-refractivity contribution in [3.8, 4) is 11.8 Å². The molecule has 0 radical (unpaired) electrons. The SMILES string of the molecule is COc1ccc(S(=O)(=O)NC(C)(C#N)C2CCCCC2)c(NC(=O)C(C)(C)C)c1. The summed E-state index contributed by atoms with van der Waals surface area (Å²) in [6.07, 6.45) is 4.69. The molecular weight excluding hydrogens is 390 g/mol. The van der Waals surface area contributed by atoms with Gasteiger partial charge in [-0.25, -0.2) is 8.42 Å². The number of sulfonamides is 1. The van der Waals surface area contributed by atoms with Gasteiger partial charge in [-0.3, -0.25) is 4.79 Å². The first-order chi connectivity index (χ1) is 13.4. The number of amides is 1. The zero-order valence-corrected chi connectivity index (χ0v) is 18.6. The second kappa shape index (κ2) is 8.72. The van der Waals surface area contributed by atoms with Crippen LogP contribution in [0.25, 0.3) is 0 Å². The summed E-state index contributed by atoms with van der Waals surface area (Å²) in [5.74, 6) is 0.0444. The van der Waals surface area contributed by atoms with Crippen molar-refractivity contribution in [3.63, 3.8) is 0 Å². The number of rotatable bonds is 6. The number of methoxy groups -OCH3 is 1. The van der Waals surface area contributed by atoms with E-state index in [0.717, 1.165) is 32.1 Å². The normalized spacial score (nSPS) is 17.8. The van der Waals surface area contributed by atoms with Crippen LogP contribution in [-0.2, 0) is 14.8 Å². The average Bonchev–Trinajstić information content (AvgIpc) is 2.67. The van der Waals surface area contributed by atoms with Crippen LogP contribution in [0.2, 0.25) is 0 Å². The summed E-state index contributed by atoms with van der Waals surface area (Å²) in [5.41, 5.74) is -1.80. The largest absolute Gasteiger partial charge is 0.497 e. The molecule has 2 N–H and O–H groups in total. The summed E-state index contributed by atoms with van der Waals surface area (Å²) in [7, 11) is -2.60. The summed E-state index contributed by atoms with van der Waals surface area (Å²) < 4.78 is 34.3. The van der Waals surface area contributed by atoms with Crippen molar-refractivity contribution >= 4 is 21.6 Å². The van der Waals surface area contributed by atoms with Crippen molar-refractivity contribution in [2.75, 3.05) is 12.4 Å². The average molecular weight is 422 g/mol. The first-order valence-corrected chi connectivity index (χ1v) is 11.4. The third-order valence-corrected chi connectivity index (χ3v) is 7.03. The number of carbonyl (C=O) groups excluding carboxylic acids is 1. The van der Waals surface area contributed by atoms with Crippen LogP contribution in [0.4, 0.5) is 5.69 Å². The molecule has 1 saturated carbocycles. The number of anilines is 1. The zero-order valence-electron chi connectivity index (χ0n) is 17.8. The van der Waals surface area contributed by atoms with Gasteiger partial charge in [0.05, 0.1) is 18.9 Å². The fourth-order valence-electron chi connectivity index (χ4n) is 3.49. The molecule has 0 spiro atoms. The van der Waals surface area contributed by atoms with Crippen LogP contribution in [0.5, 0.6) is 5.75 Å². The van der Waals surface area contributed by atoms with E-state index in [0.29, 0.717) is 5.75 Å². The zero-order chi connectivity index (χ0) is 21.9. The lowest BCUT2D eigenvalue weighted by Gasteiger charge is -2.35. The topological polar surface area (TPSA) is 108 Å². The fraction of sp³-hybridized carbons (Fsp3) is 0.619. The minimum Gasteiger partial charge on any atom is -0.497 e. The number of nitrogens with one attached hydrogen (secondary N) is 2. The highest BCUT2D eigenvalue weighted by Gasteiger charge is 2.40. The smallest absolute Gasteiger partial charge is 0.244 e. The van der Waals surface area contributed by atoms with Crippen LogP contribution in [0.15, 0.2) is 23.1 Å². The molecule has 1 aromatic carbocycles. The van der Waals surface area contributed by atoms with Crippen molar-refractivity contribution in [1.29, 1.82) is 5.26 Å². The number of hydrogen-bond acceptors (Lipinski definition) is 5. The monoisotopic (exact) mass is 421 g/mol.